The molecule has 0 fully saturated rings. The van der Waals surface area contributed by atoms with Crippen LogP contribution in [0.1, 0.15) is 12.5 Å². The summed E-state index contributed by atoms with van der Waals surface area (Å²) in [7, 11) is 5.19. The molecule has 0 saturated carbocycles. The number of nitrogens with zero attached hydrogens (tertiary/aromatic N) is 1. The Kier molecular flexibility index (Phi) is 5.92. The molecule has 1 unspecified atom stereocenters. The third kappa shape index (κ3) is 3.91. The van der Waals surface area contributed by atoms with Crippen LogP contribution < -0.4 is 5.32 Å². The molecule has 6 heteroatoms. The van der Waals surface area contributed by atoms with Crippen LogP contribution in [-0.4, -0.2) is 45.2 Å². The second kappa shape index (κ2) is 7.02. The van der Waals surface area contributed by atoms with Gasteiger partial charge in [0, 0.05) is 13.1 Å². The van der Waals surface area contributed by atoms with E-state index >= 15 is 0 Å². The van der Waals surface area contributed by atoms with E-state index in [1.807, 2.05) is 19.0 Å². The highest BCUT2D eigenvalue weighted by molar-refractivity contribution is 6.30. The summed E-state index contributed by atoms with van der Waals surface area (Å²) in [6, 6.07) is 4.21. The number of ether oxygens (including phenoxy) is 1. The summed E-state index contributed by atoms with van der Waals surface area (Å²) in [5.41, 5.74) is -0.503. The minimum absolute atomic E-state index is 0.0213. The zero-order valence-corrected chi connectivity index (χ0v) is 12.9. The Labute approximate surface area is 123 Å². The van der Waals surface area contributed by atoms with E-state index in [4.69, 9.17) is 16.3 Å². The first kappa shape index (κ1) is 16.9. The molecule has 0 spiro atoms. The number of methoxy groups -OCH3 is 1. The van der Waals surface area contributed by atoms with Gasteiger partial charge in [-0.15, -0.1) is 0 Å². The summed E-state index contributed by atoms with van der Waals surface area (Å²) in [6.07, 6.45) is 0. The van der Waals surface area contributed by atoms with E-state index in [9.17, 15) is 9.18 Å². The number of hydrogen-bond donors (Lipinski definition) is 1. The second-order valence-electron chi connectivity index (χ2n) is 4.98. The predicted molar refractivity (Wildman–Crippen MR) is 77.3 cm³/mol. The van der Waals surface area contributed by atoms with E-state index in [1.165, 1.54) is 25.3 Å². The van der Waals surface area contributed by atoms with Crippen molar-refractivity contribution < 1.29 is 13.9 Å². The normalized spacial score (nSPS) is 14.2. The van der Waals surface area contributed by atoms with Crippen LogP contribution in [0.25, 0.3) is 0 Å². The molecule has 0 aliphatic heterocycles. The largest absolute Gasteiger partial charge is 0.467 e. The standard InChI is InChI=1S/C14H20ClFN2O2/c1-14(13(19)20-4,17-7-8-18(2)3)10-5-6-12(16)11(15)9-10/h5-6,9,17H,7-8H2,1-4H3. The van der Waals surface area contributed by atoms with Crippen LogP contribution in [0.5, 0.6) is 0 Å². The smallest absolute Gasteiger partial charge is 0.330 e. The Balaban J connectivity index is 3.03. The van der Waals surface area contributed by atoms with Gasteiger partial charge < -0.3 is 9.64 Å². The number of carbonyl (C=O) groups is 1. The summed E-state index contributed by atoms with van der Waals surface area (Å²) >= 11 is 5.79. The highest BCUT2D eigenvalue weighted by Gasteiger charge is 2.36. The van der Waals surface area contributed by atoms with Crippen molar-refractivity contribution in [3.05, 3.63) is 34.6 Å². The number of hydrogen-bond acceptors (Lipinski definition) is 4. The first-order valence-corrected chi connectivity index (χ1v) is 6.62. The molecule has 0 aliphatic carbocycles. The lowest BCUT2D eigenvalue weighted by atomic mass is 9.92. The monoisotopic (exact) mass is 302 g/mol. The molecule has 4 nitrogen and oxygen atoms in total. The molecule has 1 rings (SSSR count). The van der Waals surface area contributed by atoms with E-state index in [0.29, 0.717) is 12.1 Å². The number of esters is 1. The Morgan fingerprint density at radius 2 is 2.15 bits per heavy atom. The van der Waals surface area contributed by atoms with E-state index < -0.39 is 17.3 Å². The van der Waals surface area contributed by atoms with Gasteiger partial charge in [-0.1, -0.05) is 17.7 Å². The summed E-state index contributed by atoms with van der Waals surface area (Å²) in [5, 5.41) is 3.12. The average Bonchev–Trinajstić information content (AvgIpc) is 2.40. The molecule has 1 atom stereocenters. The Bertz CT molecular complexity index is 482. The van der Waals surface area contributed by atoms with Crippen LogP contribution in [0.4, 0.5) is 4.39 Å². The van der Waals surface area contributed by atoms with Gasteiger partial charge in [-0.05, 0) is 38.7 Å². The number of carbonyl (C=O) groups excluding carboxylic acids is 1. The number of likely N-dealkylation sites (N-methyl/N-ethyl adjacent to an activating group) is 1. The molecule has 0 heterocycles. The Morgan fingerprint density at radius 1 is 1.50 bits per heavy atom. The third-order valence-corrected chi connectivity index (χ3v) is 3.42. The number of benzene rings is 1. The van der Waals surface area contributed by atoms with Gasteiger partial charge in [0.15, 0.2) is 0 Å². The van der Waals surface area contributed by atoms with Gasteiger partial charge in [-0.3, -0.25) is 5.32 Å². The van der Waals surface area contributed by atoms with Crippen molar-refractivity contribution in [3.63, 3.8) is 0 Å². The van der Waals surface area contributed by atoms with Crippen LogP contribution in [-0.2, 0) is 15.1 Å². The van der Waals surface area contributed by atoms with Gasteiger partial charge in [-0.25, -0.2) is 9.18 Å². The highest BCUT2D eigenvalue weighted by atomic mass is 35.5. The van der Waals surface area contributed by atoms with E-state index in [-0.39, 0.29) is 5.02 Å². The Morgan fingerprint density at radius 3 is 2.65 bits per heavy atom. The van der Waals surface area contributed by atoms with Crippen molar-refractivity contribution in [1.82, 2.24) is 10.2 Å². The lowest BCUT2D eigenvalue weighted by Crippen LogP contribution is -2.49. The third-order valence-electron chi connectivity index (χ3n) is 3.13. The predicted octanol–water partition coefficient (Wildman–Crippen LogP) is 2.02. The summed E-state index contributed by atoms with van der Waals surface area (Å²) < 4.78 is 18.1. The van der Waals surface area contributed by atoms with Crippen LogP contribution >= 0.6 is 11.6 Å². The van der Waals surface area contributed by atoms with Crippen LogP contribution in [0.3, 0.4) is 0 Å². The fourth-order valence-corrected chi connectivity index (χ4v) is 2.01. The highest BCUT2D eigenvalue weighted by Crippen LogP contribution is 2.26. The van der Waals surface area contributed by atoms with Crippen molar-refractivity contribution in [2.75, 3.05) is 34.3 Å². The van der Waals surface area contributed by atoms with Crippen LogP contribution in [0, 0.1) is 5.82 Å². The van der Waals surface area contributed by atoms with Gasteiger partial charge in [0.2, 0.25) is 0 Å². The Hall–Kier alpha value is -1.17. The fourth-order valence-electron chi connectivity index (χ4n) is 1.83. The molecule has 0 saturated heterocycles. The summed E-state index contributed by atoms with van der Waals surface area (Å²) in [6.45, 7) is 3.02. The van der Waals surface area contributed by atoms with Gasteiger partial charge >= 0.3 is 5.97 Å². The van der Waals surface area contributed by atoms with E-state index in [2.05, 4.69) is 5.32 Å². The molecule has 112 valence electrons. The molecular formula is C14H20ClFN2O2. The van der Waals surface area contributed by atoms with Crippen LogP contribution in [0.15, 0.2) is 18.2 Å². The minimum atomic E-state index is -1.07. The van der Waals surface area contributed by atoms with Gasteiger partial charge in [-0.2, -0.15) is 0 Å². The van der Waals surface area contributed by atoms with E-state index in [1.54, 1.807) is 6.92 Å². The molecular weight excluding hydrogens is 283 g/mol. The maximum absolute atomic E-state index is 13.3. The zero-order valence-electron chi connectivity index (χ0n) is 12.2. The first-order chi connectivity index (χ1) is 9.31. The van der Waals surface area contributed by atoms with Crippen molar-refractivity contribution in [1.29, 1.82) is 0 Å². The lowest BCUT2D eigenvalue weighted by Gasteiger charge is -2.29. The van der Waals surface area contributed by atoms with Crippen LogP contribution in [0.2, 0.25) is 5.02 Å². The lowest BCUT2D eigenvalue weighted by molar-refractivity contribution is -0.148. The fraction of sp³-hybridized carbons (Fsp3) is 0.500. The molecule has 0 radical (unpaired) electrons. The first-order valence-electron chi connectivity index (χ1n) is 6.25. The van der Waals surface area contributed by atoms with Crippen molar-refractivity contribution in [2.24, 2.45) is 0 Å². The van der Waals surface area contributed by atoms with Gasteiger partial charge in [0.25, 0.3) is 0 Å². The van der Waals surface area contributed by atoms with Crippen molar-refractivity contribution in [3.8, 4) is 0 Å². The number of rotatable bonds is 6. The number of halogens is 2. The molecule has 0 bridgehead atoms. The van der Waals surface area contributed by atoms with E-state index in [0.717, 1.165) is 6.54 Å². The van der Waals surface area contributed by atoms with Crippen molar-refractivity contribution >= 4 is 17.6 Å². The number of nitrogens with one attached hydrogen (secondary N) is 1. The molecule has 0 aromatic heterocycles. The molecule has 0 aliphatic rings. The topological polar surface area (TPSA) is 41.6 Å². The maximum atomic E-state index is 13.3. The molecule has 1 N–H and O–H groups in total. The molecule has 20 heavy (non-hydrogen) atoms. The summed E-state index contributed by atoms with van der Waals surface area (Å²) in [5.74, 6) is -0.963. The molecule has 1 aromatic carbocycles. The quantitative estimate of drug-likeness (QED) is 0.816. The maximum Gasteiger partial charge on any atom is 0.330 e. The SMILES string of the molecule is COC(=O)C(C)(NCCN(C)C)c1ccc(F)c(Cl)c1. The van der Waals surface area contributed by atoms with Gasteiger partial charge in [0.05, 0.1) is 12.1 Å². The minimum Gasteiger partial charge on any atom is -0.467 e. The second-order valence-corrected chi connectivity index (χ2v) is 5.38. The van der Waals surface area contributed by atoms with Crippen molar-refractivity contribution in [2.45, 2.75) is 12.5 Å². The zero-order chi connectivity index (χ0) is 15.3. The molecule has 0 amide bonds. The average molecular weight is 303 g/mol. The summed E-state index contributed by atoms with van der Waals surface area (Å²) in [4.78, 5) is 14.1. The van der Waals surface area contributed by atoms with Gasteiger partial charge in [0.1, 0.15) is 11.4 Å². The molecule has 1 aromatic rings.